The first-order valence-electron chi connectivity index (χ1n) is 4.72. The lowest BCUT2D eigenvalue weighted by Crippen LogP contribution is -2.18. The maximum absolute atomic E-state index is 2.33. The van der Waals surface area contributed by atoms with Crippen LogP contribution in [-0.4, -0.2) is 0 Å². The molecule has 10 heavy (non-hydrogen) atoms. The fourth-order valence-electron chi connectivity index (χ4n) is 0.833. The first-order valence-corrected chi connectivity index (χ1v) is 4.72. The van der Waals surface area contributed by atoms with Gasteiger partial charge in [-0.3, -0.25) is 0 Å². The van der Waals surface area contributed by atoms with Gasteiger partial charge in [-0.25, -0.2) is 0 Å². The topological polar surface area (TPSA) is 0 Å². The van der Waals surface area contributed by atoms with E-state index in [1.807, 2.05) is 0 Å². The summed E-state index contributed by atoms with van der Waals surface area (Å²) in [5.41, 5.74) is 0. The fraction of sp³-hybridized carbons (Fsp3) is 1.00. The lowest BCUT2D eigenvalue weighted by Gasteiger charge is -2.29. The standard InChI is InChI=1S/C6H12.C4H10/c1-5-3-4-6(5)2;1-3-4-2/h5-6H,3-4H2,1-2H3;3-4H2,1-2H3. The van der Waals surface area contributed by atoms with Crippen LogP contribution in [0.25, 0.3) is 0 Å². The normalized spacial score (nSPS) is 30.0. The molecular formula is C10H22. The van der Waals surface area contributed by atoms with E-state index in [0.717, 1.165) is 11.8 Å². The Kier molecular flexibility index (Phi) is 5.76. The third-order valence-electron chi connectivity index (χ3n) is 2.55. The SMILES string of the molecule is CC1CCC1C.CCCC. The number of rotatable bonds is 1. The molecule has 0 radical (unpaired) electrons. The van der Waals surface area contributed by atoms with Gasteiger partial charge in [-0.1, -0.05) is 53.4 Å². The van der Waals surface area contributed by atoms with Gasteiger partial charge in [-0.2, -0.15) is 0 Å². The van der Waals surface area contributed by atoms with E-state index in [0.29, 0.717) is 0 Å². The lowest BCUT2D eigenvalue weighted by molar-refractivity contribution is 0.219. The van der Waals surface area contributed by atoms with Crippen molar-refractivity contribution < 1.29 is 0 Å². The van der Waals surface area contributed by atoms with Crippen LogP contribution >= 0.6 is 0 Å². The van der Waals surface area contributed by atoms with Gasteiger partial charge in [0.25, 0.3) is 0 Å². The zero-order chi connectivity index (χ0) is 7.98. The summed E-state index contributed by atoms with van der Waals surface area (Å²) in [7, 11) is 0. The largest absolute Gasteiger partial charge is 0.0654 e. The molecular weight excluding hydrogens is 120 g/mol. The summed E-state index contributed by atoms with van der Waals surface area (Å²) in [6, 6.07) is 0. The Hall–Kier alpha value is 0. The average Bonchev–Trinajstić information content (AvgIpc) is 2.01. The van der Waals surface area contributed by atoms with E-state index in [1.165, 1.54) is 25.7 Å². The average molecular weight is 142 g/mol. The Morgan fingerprint density at radius 1 is 0.900 bits per heavy atom. The molecule has 1 rings (SSSR count). The second-order valence-corrected chi connectivity index (χ2v) is 3.53. The Balaban J connectivity index is 0.000000180. The Morgan fingerprint density at radius 3 is 1.20 bits per heavy atom. The maximum atomic E-state index is 2.33. The van der Waals surface area contributed by atoms with Gasteiger partial charge in [0.05, 0.1) is 0 Å². The lowest BCUT2D eigenvalue weighted by atomic mass is 9.77. The van der Waals surface area contributed by atoms with Crippen LogP contribution in [-0.2, 0) is 0 Å². The molecule has 0 saturated heterocycles. The van der Waals surface area contributed by atoms with Crippen molar-refractivity contribution in [1.82, 2.24) is 0 Å². The molecule has 0 aromatic heterocycles. The molecule has 0 spiro atoms. The third-order valence-corrected chi connectivity index (χ3v) is 2.55. The molecule has 0 aliphatic heterocycles. The van der Waals surface area contributed by atoms with Gasteiger partial charge < -0.3 is 0 Å². The molecule has 2 unspecified atom stereocenters. The number of unbranched alkanes of at least 4 members (excludes halogenated alkanes) is 1. The predicted molar refractivity (Wildman–Crippen MR) is 48.1 cm³/mol. The highest BCUT2D eigenvalue weighted by molar-refractivity contribution is 4.71. The highest BCUT2D eigenvalue weighted by Crippen LogP contribution is 2.32. The summed E-state index contributed by atoms with van der Waals surface area (Å²) < 4.78 is 0. The molecule has 1 saturated carbocycles. The summed E-state index contributed by atoms with van der Waals surface area (Å²) in [6.45, 7) is 9.02. The first kappa shape index (κ1) is 10.0. The number of hydrogen-bond acceptors (Lipinski definition) is 0. The highest BCUT2D eigenvalue weighted by atomic mass is 14.3. The van der Waals surface area contributed by atoms with Crippen molar-refractivity contribution in [2.45, 2.75) is 53.4 Å². The van der Waals surface area contributed by atoms with E-state index < -0.39 is 0 Å². The van der Waals surface area contributed by atoms with Crippen LogP contribution in [0.1, 0.15) is 53.4 Å². The minimum atomic E-state index is 1.03. The van der Waals surface area contributed by atoms with Crippen LogP contribution < -0.4 is 0 Å². The van der Waals surface area contributed by atoms with E-state index in [4.69, 9.17) is 0 Å². The summed E-state index contributed by atoms with van der Waals surface area (Å²) in [4.78, 5) is 0. The highest BCUT2D eigenvalue weighted by Gasteiger charge is 2.20. The van der Waals surface area contributed by atoms with Crippen molar-refractivity contribution in [2.24, 2.45) is 11.8 Å². The van der Waals surface area contributed by atoms with Crippen LogP contribution in [0.5, 0.6) is 0 Å². The summed E-state index contributed by atoms with van der Waals surface area (Å²) in [5.74, 6) is 2.06. The van der Waals surface area contributed by atoms with Crippen molar-refractivity contribution in [1.29, 1.82) is 0 Å². The second-order valence-electron chi connectivity index (χ2n) is 3.53. The van der Waals surface area contributed by atoms with Crippen molar-refractivity contribution in [3.05, 3.63) is 0 Å². The molecule has 0 amide bonds. The van der Waals surface area contributed by atoms with Gasteiger partial charge in [0.2, 0.25) is 0 Å². The minimum absolute atomic E-state index is 1.03. The van der Waals surface area contributed by atoms with Gasteiger partial charge in [0.15, 0.2) is 0 Å². The summed E-state index contributed by atoms with van der Waals surface area (Å²) in [6.07, 6.45) is 5.59. The molecule has 0 heteroatoms. The smallest absolute Gasteiger partial charge is 0.0417 e. The number of hydrogen-bond donors (Lipinski definition) is 0. The van der Waals surface area contributed by atoms with E-state index in [-0.39, 0.29) is 0 Å². The van der Waals surface area contributed by atoms with Crippen molar-refractivity contribution in [3.63, 3.8) is 0 Å². The van der Waals surface area contributed by atoms with Gasteiger partial charge >= 0.3 is 0 Å². The molecule has 0 bridgehead atoms. The van der Waals surface area contributed by atoms with Crippen molar-refractivity contribution in [3.8, 4) is 0 Å². The molecule has 2 atom stereocenters. The van der Waals surface area contributed by atoms with E-state index >= 15 is 0 Å². The van der Waals surface area contributed by atoms with E-state index in [1.54, 1.807) is 0 Å². The Labute approximate surface area is 66.0 Å². The zero-order valence-corrected chi connectivity index (χ0v) is 7.98. The maximum Gasteiger partial charge on any atom is -0.0417 e. The molecule has 1 fully saturated rings. The summed E-state index contributed by atoms with van der Waals surface area (Å²) in [5, 5.41) is 0. The molecule has 62 valence electrons. The zero-order valence-electron chi connectivity index (χ0n) is 7.98. The third kappa shape index (κ3) is 3.92. The van der Waals surface area contributed by atoms with E-state index in [2.05, 4.69) is 27.7 Å². The van der Waals surface area contributed by atoms with Crippen molar-refractivity contribution >= 4 is 0 Å². The Morgan fingerprint density at radius 2 is 1.20 bits per heavy atom. The minimum Gasteiger partial charge on any atom is -0.0654 e. The quantitative estimate of drug-likeness (QED) is 0.521. The van der Waals surface area contributed by atoms with Crippen LogP contribution in [0.2, 0.25) is 0 Å². The molecule has 0 aromatic rings. The molecule has 1 aliphatic rings. The predicted octanol–water partition coefficient (Wildman–Crippen LogP) is 3.86. The van der Waals surface area contributed by atoms with Crippen LogP contribution in [0.3, 0.4) is 0 Å². The van der Waals surface area contributed by atoms with Crippen LogP contribution in [0.15, 0.2) is 0 Å². The van der Waals surface area contributed by atoms with E-state index in [9.17, 15) is 0 Å². The van der Waals surface area contributed by atoms with Crippen LogP contribution in [0.4, 0.5) is 0 Å². The second kappa shape index (κ2) is 5.76. The molecule has 0 nitrogen and oxygen atoms in total. The molecule has 0 N–H and O–H groups in total. The summed E-state index contributed by atoms with van der Waals surface area (Å²) >= 11 is 0. The Bertz CT molecular complexity index is 56.4. The molecule has 1 aliphatic carbocycles. The molecule has 0 aromatic carbocycles. The monoisotopic (exact) mass is 142 g/mol. The van der Waals surface area contributed by atoms with Gasteiger partial charge in [0.1, 0.15) is 0 Å². The molecule has 0 heterocycles. The van der Waals surface area contributed by atoms with Gasteiger partial charge in [-0.15, -0.1) is 0 Å². The van der Waals surface area contributed by atoms with Crippen molar-refractivity contribution in [2.75, 3.05) is 0 Å². The van der Waals surface area contributed by atoms with Gasteiger partial charge in [-0.05, 0) is 11.8 Å². The first-order chi connectivity index (χ1) is 4.72. The van der Waals surface area contributed by atoms with Crippen LogP contribution in [0, 0.1) is 11.8 Å². The van der Waals surface area contributed by atoms with Gasteiger partial charge in [0, 0.05) is 0 Å². The fourth-order valence-corrected chi connectivity index (χ4v) is 0.833.